The van der Waals surface area contributed by atoms with Gasteiger partial charge in [-0.2, -0.15) is 0 Å². The largest absolute Gasteiger partial charge is 0.385 e. The summed E-state index contributed by atoms with van der Waals surface area (Å²) in [6.07, 6.45) is 3.51. The van der Waals surface area contributed by atoms with Crippen molar-refractivity contribution in [3.05, 3.63) is 30.3 Å². The molecule has 1 aromatic rings. The SMILES string of the molecule is CCCNC(CCCOC)CSc1ccccc1. The molecule has 1 N–H and O–H groups in total. The highest BCUT2D eigenvalue weighted by atomic mass is 32.2. The first-order valence-electron chi connectivity index (χ1n) is 6.77. The van der Waals surface area contributed by atoms with Gasteiger partial charge in [0.25, 0.3) is 0 Å². The van der Waals surface area contributed by atoms with Crippen LogP contribution in [0.1, 0.15) is 26.2 Å². The Bertz CT molecular complexity index is 292. The Labute approximate surface area is 116 Å². The monoisotopic (exact) mass is 267 g/mol. The number of hydrogen-bond acceptors (Lipinski definition) is 3. The highest BCUT2D eigenvalue weighted by Gasteiger charge is 2.08. The van der Waals surface area contributed by atoms with E-state index in [2.05, 4.69) is 42.6 Å². The number of thioether (sulfide) groups is 1. The molecule has 0 amide bonds. The van der Waals surface area contributed by atoms with Crippen molar-refractivity contribution in [1.82, 2.24) is 5.32 Å². The highest BCUT2D eigenvalue weighted by Crippen LogP contribution is 2.19. The molecule has 18 heavy (non-hydrogen) atoms. The van der Waals surface area contributed by atoms with Gasteiger partial charge in [-0.05, 0) is 37.9 Å². The van der Waals surface area contributed by atoms with Crippen molar-refractivity contribution in [2.45, 2.75) is 37.1 Å². The van der Waals surface area contributed by atoms with Gasteiger partial charge in [0, 0.05) is 30.4 Å². The van der Waals surface area contributed by atoms with Crippen LogP contribution in [0.4, 0.5) is 0 Å². The van der Waals surface area contributed by atoms with Crippen LogP contribution in [0.3, 0.4) is 0 Å². The number of rotatable bonds is 10. The molecule has 1 atom stereocenters. The molecule has 1 rings (SSSR count). The Morgan fingerprint density at radius 2 is 2.06 bits per heavy atom. The Morgan fingerprint density at radius 3 is 2.72 bits per heavy atom. The Hall–Kier alpha value is -0.510. The molecule has 1 aromatic carbocycles. The number of nitrogens with one attached hydrogen (secondary N) is 1. The van der Waals surface area contributed by atoms with E-state index in [1.165, 1.54) is 17.7 Å². The molecule has 0 bridgehead atoms. The lowest BCUT2D eigenvalue weighted by atomic mass is 10.2. The zero-order valence-electron chi connectivity index (χ0n) is 11.5. The number of methoxy groups -OCH3 is 1. The predicted molar refractivity (Wildman–Crippen MR) is 80.4 cm³/mol. The van der Waals surface area contributed by atoms with Crippen LogP contribution in [0, 0.1) is 0 Å². The molecule has 102 valence electrons. The van der Waals surface area contributed by atoms with E-state index in [9.17, 15) is 0 Å². The third-order valence-electron chi connectivity index (χ3n) is 2.78. The van der Waals surface area contributed by atoms with Gasteiger partial charge in [0.15, 0.2) is 0 Å². The van der Waals surface area contributed by atoms with Gasteiger partial charge in [-0.1, -0.05) is 25.1 Å². The van der Waals surface area contributed by atoms with Crippen LogP contribution in [0.2, 0.25) is 0 Å². The predicted octanol–water partition coefficient (Wildman–Crippen LogP) is 3.57. The van der Waals surface area contributed by atoms with Crippen molar-refractivity contribution in [2.24, 2.45) is 0 Å². The van der Waals surface area contributed by atoms with Crippen molar-refractivity contribution >= 4 is 11.8 Å². The molecule has 0 heterocycles. The summed E-state index contributed by atoms with van der Waals surface area (Å²) >= 11 is 1.93. The van der Waals surface area contributed by atoms with E-state index < -0.39 is 0 Å². The van der Waals surface area contributed by atoms with Gasteiger partial charge in [-0.15, -0.1) is 11.8 Å². The zero-order valence-corrected chi connectivity index (χ0v) is 12.3. The van der Waals surface area contributed by atoms with Crippen molar-refractivity contribution in [3.8, 4) is 0 Å². The molecule has 0 aromatic heterocycles. The Morgan fingerprint density at radius 1 is 1.28 bits per heavy atom. The number of ether oxygens (including phenoxy) is 1. The first-order valence-corrected chi connectivity index (χ1v) is 7.75. The lowest BCUT2D eigenvalue weighted by Crippen LogP contribution is -2.32. The highest BCUT2D eigenvalue weighted by molar-refractivity contribution is 7.99. The number of hydrogen-bond donors (Lipinski definition) is 1. The van der Waals surface area contributed by atoms with E-state index in [4.69, 9.17) is 4.74 Å². The molecular formula is C15H25NOS. The van der Waals surface area contributed by atoms with Crippen molar-refractivity contribution in [1.29, 1.82) is 0 Å². The van der Waals surface area contributed by atoms with Gasteiger partial charge >= 0.3 is 0 Å². The summed E-state index contributed by atoms with van der Waals surface area (Å²) in [5, 5.41) is 3.62. The minimum atomic E-state index is 0.588. The average molecular weight is 267 g/mol. The van der Waals surface area contributed by atoms with Crippen molar-refractivity contribution in [3.63, 3.8) is 0 Å². The van der Waals surface area contributed by atoms with Gasteiger partial charge in [-0.25, -0.2) is 0 Å². The molecule has 3 heteroatoms. The van der Waals surface area contributed by atoms with E-state index in [1.54, 1.807) is 7.11 Å². The third kappa shape index (κ3) is 7.04. The fraction of sp³-hybridized carbons (Fsp3) is 0.600. The summed E-state index contributed by atoms with van der Waals surface area (Å²) in [4.78, 5) is 1.35. The minimum Gasteiger partial charge on any atom is -0.385 e. The standard InChI is InChI=1S/C15H25NOS/c1-3-11-16-14(8-7-12-17-2)13-18-15-9-5-4-6-10-15/h4-6,9-10,14,16H,3,7-8,11-13H2,1-2H3. The summed E-state index contributed by atoms with van der Waals surface area (Å²) in [6.45, 7) is 4.18. The molecule has 0 aliphatic carbocycles. The van der Waals surface area contributed by atoms with Crippen LogP contribution in [0.25, 0.3) is 0 Å². The summed E-state index contributed by atoms with van der Waals surface area (Å²) in [5.41, 5.74) is 0. The van der Waals surface area contributed by atoms with Gasteiger partial charge in [0.2, 0.25) is 0 Å². The van der Waals surface area contributed by atoms with Crippen LogP contribution < -0.4 is 5.32 Å². The Kier molecular flexibility index (Phi) is 9.00. The fourth-order valence-corrected chi connectivity index (χ4v) is 2.81. The topological polar surface area (TPSA) is 21.3 Å². The maximum atomic E-state index is 5.12. The summed E-state index contributed by atoms with van der Waals surface area (Å²) < 4.78 is 5.12. The molecule has 1 unspecified atom stereocenters. The minimum absolute atomic E-state index is 0.588. The van der Waals surface area contributed by atoms with Crippen LogP contribution in [0.5, 0.6) is 0 Å². The van der Waals surface area contributed by atoms with Crippen molar-refractivity contribution in [2.75, 3.05) is 26.0 Å². The smallest absolute Gasteiger partial charge is 0.0462 e. The third-order valence-corrected chi connectivity index (χ3v) is 3.95. The fourth-order valence-electron chi connectivity index (χ4n) is 1.78. The van der Waals surface area contributed by atoms with Gasteiger partial charge in [-0.3, -0.25) is 0 Å². The quantitative estimate of drug-likeness (QED) is 0.517. The summed E-state index contributed by atoms with van der Waals surface area (Å²) in [6, 6.07) is 11.2. The second-order valence-corrected chi connectivity index (χ2v) is 5.50. The zero-order chi connectivity index (χ0) is 13.1. The second-order valence-electron chi connectivity index (χ2n) is 4.41. The lowest BCUT2D eigenvalue weighted by Gasteiger charge is -2.18. The van der Waals surface area contributed by atoms with Crippen LogP contribution in [-0.2, 0) is 4.74 Å². The summed E-state index contributed by atoms with van der Waals surface area (Å²) in [7, 11) is 1.77. The Balaban J connectivity index is 2.30. The number of benzene rings is 1. The van der Waals surface area contributed by atoms with Crippen LogP contribution in [0.15, 0.2) is 35.2 Å². The average Bonchev–Trinajstić information content (AvgIpc) is 2.42. The van der Waals surface area contributed by atoms with Gasteiger partial charge in [0.1, 0.15) is 0 Å². The molecule has 0 spiro atoms. The van der Waals surface area contributed by atoms with Crippen molar-refractivity contribution < 1.29 is 4.74 Å². The molecule has 0 aliphatic heterocycles. The molecular weight excluding hydrogens is 242 g/mol. The molecule has 2 nitrogen and oxygen atoms in total. The van der Waals surface area contributed by atoms with E-state index >= 15 is 0 Å². The molecule has 0 fully saturated rings. The van der Waals surface area contributed by atoms with E-state index in [0.717, 1.165) is 25.3 Å². The van der Waals surface area contributed by atoms with Gasteiger partial charge < -0.3 is 10.1 Å². The first kappa shape index (κ1) is 15.5. The second kappa shape index (κ2) is 10.4. The molecule has 0 radical (unpaired) electrons. The van der Waals surface area contributed by atoms with Gasteiger partial charge in [0.05, 0.1) is 0 Å². The van der Waals surface area contributed by atoms with E-state index in [1.807, 2.05) is 11.8 Å². The van der Waals surface area contributed by atoms with Crippen LogP contribution in [-0.4, -0.2) is 32.1 Å². The first-order chi connectivity index (χ1) is 8.86. The normalized spacial score (nSPS) is 12.6. The lowest BCUT2D eigenvalue weighted by molar-refractivity contribution is 0.189. The van der Waals surface area contributed by atoms with E-state index in [-0.39, 0.29) is 0 Å². The maximum Gasteiger partial charge on any atom is 0.0462 e. The molecule has 0 saturated heterocycles. The van der Waals surface area contributed by atoms with Crippen LogP contribution >= 0.6 is 11.8 Å². The maximum absolute atomic E-state index is 5.12. The van der Waals surface area contributed by atoms with E-state index in [0.29, 0.717) is 6.04 Å². The molecule has 0 aliphatic rings. The summed E-state index contributed by atoms with van der Waals surface area (Å²) in [5.74, 6) is 1.13. The molecule has 0 saturated carbocycles.